The molecule has 1 amide bonds. The van der Waals surface area contributed by atoms with Crippen molar-refractivity contribution in [3.63, 3.8) is 0 Å². The van der Waals surface area contributed by atoms with Crippen LogP contribution in [0.15, 0.2) is 35.0 Å². The third-order valence-electron chi connectivity index (χ3n) is 4.89. The minimum atomic E-state index is -4.61. The van der Waals surface area contributed by atoms with Crippen LogP contribution in [0.3, 0.4) is 0 Å². The van der Waals surface area contributed by atoms with Gasteiger partial charge in [0.05, 0.1) is 34.7 Å². The summed E-state index contributed by atoms with van der Waals surface area (Å²) in [4.78, 5) is 31.5. The quantitative estimate of drug-likeness (QED) is 0.536. The first kappa shape index (κ1) is 21.9. The zero-order valence-corrected chi connectivity index (χ0v) is 17.4. The molecule has 3 aromatic rings. The number of carbonyl (C=O) groups excluding carboxylic acids is 2. The van der Waals surface area contributed by atoms with E-state index in [9.17, 15) is 22.8 Å². The predicted octanol–water partition coefficient (Wildman–Crippen LogP) is 3.92. The zero-order chi connectivity index (χ0) is 23.0. The summed E-state index contributed by atoms with van der Waals surface area (Å²) in [6.07, 6.45) is -3.36. The van der Waals surface area contributed by atoms with E-state index >= 15 is 0 Å². The molecule has 0 unspecified atom stereocenters. The Bertz CT molecular complexity index is 1200. The summed E-state index contributed by atoms with van der Waals surface area (Å²) in [5.74, 6) is -0.957. The Morgan fingerprint density at radius 2 is 2.06 bits per heavy atom. The summed E-state index contributed by atoms with van der Waals surface area (Å²) in [5.41, 5.74) is -0.773. The van der Waals surface area contributed by atoms with Gasteiger partial charge < -0.3 is 14.2 Å². The number of ether oxygens (including phenoxy) is 1. The molecule has 0 bridgehead atoms. The van der Waals surface area contributed by atoms with Gasteiger partial charge in [0.25, 0.3) is 0 Å². The minimum absolute atomic E-state index is 0.0241. The number of carbonyl (C=O) groups is 2. The summed E-state index contributed by atoms with van der Waals surface area (Å²) < 4.78 is 50.4. The molecule has 32 heavy (non-hydrogen) atoms. The molecule has 1 aromatic carbocycles. The number of fused-ring (bicyclic) bond motifs is 1. The summed E-state index contributed by atoms with van der Waals surface area (Å²) >= 11 is 6.23. The number of esters is 1. The van der Waals surface area contributed by atoms with Gasteiger partial charge in [-0.05, 0) is 25.1 Å². The third kappa shape index (κ3) is 3.95. The second-order valence-corrected chi connectivity index (χ2v) is 7.31. The number of nitrogens with zero attached hydrogens (tertiary/aromatic N) is 4. The maximum Gasteiger partial charge on any atom is 0.417 e. The van der Waals surface area contributed by atoms with Crippen molar-refractivity contribution in [1.29, 1.82) is 0 Å². The van der Waals surface area contributed by atoms with Gasteiger partial charge in [-0.3, -0.25) is 9.69 Å². The lowest BCUT2D eigenvalue weighted by Crippen LogP contribution is -2.51. The molecular weight excluding hydrogens is 453 g/mol. The summed E-state index contributed by atoms with van der Waals surface area (Å²) in [6, 6.07) is 4.91. The Morgan fingerprint density at radius 1 is 1.28 bits per heavy atom. The van der Waals surface area contributed by atoms with E-state index in [4.69, 9.17) is 20.9 Å². The minimum Gasteiger partial charge on any atom is -0.462 e. The van der Waals surface area contributed by atoms with Crippen molar-refractivity contribution in [3.05, 3.63) is 46.6 Å². The monoisotopic (exact) mass is 468 g/mol. The number of hydrogen-bond acceptors (Lipinski definition) is 7. The van der Waals surface area contributed by atoms with Crippen molar-refractivity contribution in [2.24, 2.45) is 0 Å². The second-order valence-electron chi connectivity index (χ2n) is 6.90. The van der Waals surface area contributed by atoms with Gasteiger partial charge in [0.15, 0.2) is 17.2 Å². The second kappa shape index (κ2) is 8.30. The van der Waals surface area contributed by atoms with E-state index in [0.29, 0.717) is 0 Å². The number of aromatic nitrogens is 2. The number of benzene rings is 1. The fourth-order valence-corrected chi connectivity index (χ4v) is 3.73. The van der Waals surface area contributed by atoms with Crippen molar-refractivity contribution in [2.45, 2.75) is 13.1 Å². The highest BCUT2D eigenvalue weighted by atomic mass is 35.5. The molecule has 1 saturated heterocycles. The van der Waals surface area contributed by atoms with Crippen LogP contribution in [0.4, 0.5) is 24.8 Å². The van der Waals surface area contributed by atoms with Crippen LogP contribution in [0.2, 0.25) is 5.02 Å². The van der Waals surface area contributed by atoms with Crippen LogP contribution in [0.25, 0.3) is 11.0 Å². The Hall–Kier alpha value is -3.34. The van der Waals surface area contributed by atoms with Crippen LogP contribution >= 0.6 is 11.6 Å². The van der Waals surface area contributed by atoms with Gasteiger partial charge >= 0.3 is 12.1 Å². The molecule has 3 heterocycles. The third-order valence-corrected chi connectivity index (χ3v) is 5.17. The first-order valence-corrected chi connectivity index (χ1v) is 9.92. The molecule has 0 aliphatic carbocycles. The lowest BCUT2D eigenvalue weighted by atomic mass is 10.1. The Morgan fingerprint density at radius 3 is 2.72 bits per heavy atom. The Balaban J connectivity index is 1.59. The predicted molar refractivity (Wildman–Crippen MR) is 109 cm³/mol. The van der Waals surface area contributed by atoms with Crippen LogP contribution in [0.5, 0.6) is 0 Å². The molecule has 4 rings (SSSR count). The molecule has 168 valence electrons. The first-order chi connectivity index (χ1) is 15.2. The highest BCUT2D eigenvalue weighted by Crippen LogP contribution is 2.39. The fourth-order valence-electron chi connectivity index (χ4n) is 3.46. The van der Waals surface area contributed by atoms with Gasteiger partial charge in [-0.2, -0.15) is 13.2 Å². The number of anilines is 2. The summed E-state index contributed by atoms with van der Waals surface area (Å²) in [6.45, 7) is 1.84. The highest BCUT2D eigenvalue weighted by molar-refractivity contribution is 6.33. The Labute approximate surface area is 184 Å². The molecule has 2 aromatic heterocycles. The van der Waals surface area contributed by atoms with E-state index in [2.05, 4.69) is 10.1 Å². The van der Waals surface area contributed by atoms with Gasteiger partial charge in [0.2, 0.25) is 5.91 Å². The maximum absolute atomic E-state index is 13.5. The molecule has 12 heteroatoms. The molecule has 8 nitrogen and oxygen atoms in total. The molecule has 0 spiro atoms. The number of rotatable bonds is 4. The summed E-state index contributed by atoms with van der Waals surface area (Å²) in [5, 5.41) is 3.65. The van der Waals surface area contributed by atoms with E-state index in [1.807, 2.05) is 0 Å². The van der Waals surface area contributed by atoms with Crippen molar-refractivity contribution in [3.8, 4) is 0 Å². The van der Waals surface area contributed by atoms with Crippen LogP contribution in [-0.4, -0.2) is 48.3 Å². The number of hydrogen-bond donors (Lipinski definition) is 0. The van der Waals surface area contributed by atoms with Crippen molar-refractivity contribution >= 4 is 46.1 Å². The molecule has 0 atom stereocenters. The zero-order valence-electron chi connectivity index (χ0n) is 16.6. The van der Waals surface area contributed by atoms with E-state index < -0.39 is 23.6 Å². The molecule has 0 radical (unpaired) electrons. The van der Waals surface area contributed by atoms with Gasteiger partial charge in [-0.15, -0.1) is 0 Å². The molecule has 1 aliphatic rings. The number of halogens is 4. The van der Waals surface area contributed by atoms with Gasteiger partial charge in [-0.25, -0.2) is 9.78 Å². The van der Waals surface area contributed by atoms with Gasteiger partial charge in [0, 0.05) is 19.3 Å². The number of amides is 1. The topological polar surface area (TPSA) is 88.8 Å². The Kier molecular flexibility index (Phi) is 5.68. The highest BCUT2D eigenvalue weighted by Gasteiger charge is 2.37. The van der Waals surface area contributed by atoms with Crippen LogP contribution in [0.1, 0.15) is 22.8 Å². The van der Waals surface area contributed by atoms with E-state index in [1.54, 1.807) is 6.92 Å². The van der Waals surface area contributed by atoms with E-state index in [0.717, 1.165) is 6.07 Å². The molecule has 1 aliphatic heterocycles. The number of pyridine rings is 1. The van der Waals surface area contributed by atoms with Crippen molar-refractivity contribution in [1.82, 2.24) is 10.1 Å². The molecule has 1 fully saturated rings. The summed E-state index contributed by atoms with van der Waals surface area (Å²) in [7, 11) is 0. The number of piperazine rings is 1. The molecular formula is C20H16ClF3N4O4. The smallest absolute Gasteiger partial charge is 0.417 e. The lowest BCUT2D eigenvalue weighted by molar-refractivity contribution is -0.136. The maximum atomic E-state index is 13.5. The van der Waals surface area contributed by atoms with Crippen LogP contribution in [-0.2, 0) is 15.7 Å². The van der Waals surface area contributed by atoms with Crippen LogP contribution in [0, 0.1) is 0 Å². The average Bonchev–Trinajstić information content (AvgIpc) is 3.17. The largest absolute Gasteiger partial charge is 0.462 e. The van der Waals surface area contributed by atoms with Crippen molar-refractivity contribution < 1.29 is 32.0 Å². The number of alkyl halides is 3. The molecule has 0 N–H and O–H groups in total. The first-order valence-electron chi connectivity index (χ1n) is 9.54. The standard InChI is InChI=1S/C20H16ClF3N4O4/c1-2-31-19(30)11-8-13(21)17(25-9-11)28-7-6-27(10-15(28)29)18-16-12(20(22,23)24)4-3-5-14(16)32-26-18/h3-5,8-9H,2,6-7,10H2,1H3. The van der Waals surface area contributed by atoms with E-state index in [-0.39, 0.29) is 59.4 Å². The normalized spacial score (nSPS) is 14.8. The van der Waals surface area contributed by atoms with Gasteiger partial charge in [0.1, 0.15) is 0 Å². The van der Waals surface area contributed by atoms with Crippen molar-refractivity contribution in [2.75, 3.05) is 36.0 Å². The van der Waals surface area contributed by atoms with Gasteiger partial charge in [-0.1, -0.05) is 22.8 Å². The average molecular weight is 469 g/mol. The van der Waals surface area contributed by atoms with Crippen LogP contribution < -0.4 is 9.80 Å². The SMILES string of the molecule is CCOC(=O)c1cnc(N2CCN(c3noc4cccc(C(F)(F)F)c34)CC2=O)c(Cl)c1. The van der Waals surface area contributed by atoms with E-state index in [1.165, 1.54) is 34.2 Å². The molecule has 0 saturated carbocycles. The lowest BCUT2D eigenvalue weighted by Gasteiger charge is -2.34. The fraction of sp³-hybridized carbons (Fsp3) is 0.300.